The summed E-state index contributed by atoms with van der Waals surface area (Å²) in [5.41, 5.74) is 1.39. The van der Waals surface area contributed by atoms with Crippen molar-refractivity contribution < 1.29 is 44.6 Å². The van der Waals surface area contributed by atoms with Crippen LogP contribution in [0.2, 0.25) is 0 Å². The Kier molecular flexibility index (Phi) is 14.1. The molecule has 1 saturated carbocycles. The fourth-order valence-electron chi connectivity index (χ4n) is 5.34. The molecule has 2 aromatic rings. The molecule has 0 saturated heterocycles. The maximum Gasteiger partial charge on any atom is 0.338 e. The van der Waals surface area contributed by atoms with Gasteiger partial charge in [-0.05, 0) is 93.0 Å². The molecule has 9 nitrogen and oxygen atoms in total. The predicted octanol–water partition coefficient (Wildman–Crippen LogP) is 3.35. The molecule has 0 aromatic heterocycles. The van der Waals surface area contributed by atoms with Crippen LogP contribution in [0.1, 0.15) is 67.3 Å². The Morgan fingerprint density at radius 2 is 1.60 bits per heavy atom. The molecule has 9 heteroatoms. The highest BCUT2D eigenvalue weighted by atomic mass is 16.6. The van der Waals surface area contributed by atoms with Crippen LogP contribution in [0.5, 0.6) is 5.75 Å². The van der Waals surface area contributed by atoms with Crippen LogP contribution in [0, 0.1) is 11.8 Å². The smallest absolute Gasteiger partial charge is 0.338 e. The van der Waals surface area contributed by atoms with E-state index < -0.39 is 49.6 Å². The van der Waals surface area contributed by atoms with Crippen molar-refractivity contribution in [1.29, 1.82) is 0 Å². The zero-order valence-corrected chi connectivity index (χ0v) is 24.0. The predicted molar refractivity (Wildman–Crippen MR) is 157 cm³/mol. The van der Waals surface area contributed by atoms with E-state index in [-0.39, 0.29) is 29.6 Å². The van der Waals surface area contributed by atoms with Gasteiger partial charge in [0.1, 0.15) is 11.9 Å². The monoisotopic (exact) mass is 584 g/mol. The molecule has 0 heterocycles. The van der Waals surface area contributed by atoms with Gasteiger partial charge in [0, 0.05) is 6.42 Å². The third kappa shape index (κ3) is 11.0. The summed E-state index contributed by atoms with van der Waals surface area (Å²) in [6.45, 7) is -0.972. The topological polar surface area (TPSA) is 154 Å². The number of rotatable bonds is 17. The van der Waals surface area contributed by atoms with Crippen LogP contribution in [0.4, 0.5) is 0 Å². The van der Waals surface area contributed by atoms with Crippen LogP contribution in [0.3, 0.4) is 0 Å². The van der Waals surface area contributed by atoms with Gasteiger partial charge in [-0.1, -0.05) is 42.5 Å². The van der Waals surface area contributed by atoms with E-state index in [4.69, 9.17) is 19.7 Å². The lowest BCUT2D eigenvalue weighted by atomic mass is 9.85. The van der Waals surface area contributed by atoms with Crippen LogP contribution < -0.4 is 4.74 Å². The molecule has 0 amide bonds. The first-order chi connectivity index (χ1) is 20.3. The van der Waals surface area contributed by atoms with Crippen LogP contribution >= 0.6 is 0 Å². The van der Waals surface area contributed by atoms with E-state index in [0.29, 0.717) is 44.9 Å². The highest BCUT2D eigenvalue weighted by Gasteiger charge is 2.40. The average molecular weight is 585 g/mol. The summed E-state index contributed by atoms with van der Waals surface area (Å²) < 4.78 is 10.3. The first-order valence-electron chi connectivity index (χ1n) is 14.8. The average Bonchev–Trinajstić information content (AvgIpc) is 3.27. The normalized spacial score (nSPS) is 21.1. The Morgan fingerprint density at radius 3 is 2.29 bits per heavy atom. The fourth-order valence-corrected chi connectivity index (χ4v) is 5.34. The van der Waals surface area contributed by atoms with Crippen molar-refractivity contribution in [2.45, 2.75) is 82.2 Å². The molecule has 0 unspecified atom stereocenters. The van der Waals surface area contributed by atoms with E-state index in [2.05, 4.69) is 0 Å². The van der Waals surface area contributed by atoms with Gasteiger partial charge in [0.15, 0.2) is 0 Å². The van der Waals surface area contributed by atoms with Crippen LogP contribution in [-0.4, -0.2) is 75.1 Å². The summed E-state index contributed by atoms with van der Waals surface area (Å²) in [7, 11) is 0. The molecule has 1 aliphatic carbocycles. The molecule has 0 bridgehead atoms. The van der Waals surface area contributed by atoms with Gasteiger partial charge in [-0.25, -0.2) is 4.79 Å². The molecule has 5 N–H and O–H groups in total. The number of unbranched alkanes of at least 4 members (excludes halogenated alkanes) is 1. The molecule has 3 rings (SSSR count). The number of aliphatic hydroxyl groups is 5. The number of benzene rings is 2. The second-order valence-electron chi connectivity index (χ2n) is 10.9. The summed E-state index contributed by atoms with van der Waals surface area (Å²) in [5, 5.41) is 49.5. The Hall–Kier alpha value is -3.08. The highest BCUT2D eigenvalue weighted by molar-refractivity contribution is 5.89. The van der Waals surface area contributed by atoms with Crippen molar-refractivity contribution >= 4 is 11.9 Å². The van der Waals surface area contributed by atoms with Gasteiger partial charge >= 0.3 is 11.9 Å². The second kappa shape index (κ2) is 17.8. The van der Waals surface area contributed by atoms with Crippen molar-refractivity contribution in [2.75, 3.05) is 13.2 Å². The van der Waals surface area contributed by atoms with Crippen molar-refractivity contribution in [3.05, 3.63) is 77.9 Å². The van der Waals surface area contributed by atoms with Gasteiger partial charge in [0.05, 0.1) is 37.1 Å². The quantitative estimate of drug-likeness (QED) is 0.0815. The fraction of sp³-hybridized carbons (Fsp3) is 0.515. The summed E-state index contributed by atoms with van der Waals surface area (Å²) in [6, 6.07) is 15.9. The summed E-state index contributed by atoms with van der Waals surface area (Å²) in [4.78, 5) is 24.2. The third-order valence-corrected chi connectivity index (χ3v) is 7.79. The zero-order valence-electron chi connectivity index (χ0n) is 24.0. The number of carbonyl (C=O) groups is 2. The molecule has 1 fully saturated rings. The molecule has 0 radical (unpaired) electrons. The minimum atomic E-state index is -0.991. The minimum absolute atomic E-state index is 0.0648. The molecule has 1 aliphatic rings. The molecule has 230 valence electrons. The van der Waals surface area contributed by atoms with Gasteiger partial charge in [-0.2, -0.15) is 0 Å². The lowest BCUT2D eigenvalue weighted by Gasteiger charge is -2.23. The van der Waals surface area contributed by atoms with Gasteiger partial charge in [-0.3, -0.25) is 4.79 Å². The second-order valence-corrected chi connectivity index (χ2v) is 10.9. The van der Waals surface area contributed by atoms with E-state index >= 15 is 0 Å². The number of hydrogen-bond donors (Lipinski definition) is 5. The Morgan fingerprint density at radius 1 is 0.905 bits per heavy atom. The summed E-state index contributed by atoms with van der Waals surface area (Å²) in [5.74, 6) is -0.946. The molecular formula is C33H44O9. The number of ether oxygens (including phenoxy) is 2. The van der Waals surface area contributed by atoms with E-state index in [9.17, 15) is 24.9 Å². The maximum atomic E-state index is 12.2. The number of hydrogen-bond acceptors (Lipinski definition) is 9. The molecule has 5 atom stereocenters. The van der Waals surface area contributed by atoms with Crippen molar-refractivity contribution in [3.63, 3.8) is 0 Å². The van der Waals surface area contributed by atoms with Crippen molar-refractivity contribution in [2.24, 2.45) is 11.8 Å². The molecule has 0 spiro atoms. The van der Waals surface area contributed by atoms with E-state index in [0.717, 1.165) is 6.42 Å². The molecule has 42 heavy (non-hydrogen) atoms. The lowest BCUT2D eigenvalue weighted by Crippen LogP contribution is -2.25. The Labute approximate surface area is 247 Å². The van der Waals surface area contributed by atoms with Crippen molar-refractivity contribution in [3.8, 4) is 5.75 Å². The van der Waals surface area contributed by atoms with E-state index in [1.54, 1.807) is 0 Å². The first kappa shape index (κ1) is 33.4. The summed E-state index contributed by atoms with van der Waals surface area (Å²) >= 11 is 0. The lowest BCUT2D eigenvalue weighted by molar-refractivity contribution is -0.134. The third-order valence-electron chi connectivity index (χ3n) is 7.79. The number of allylic oxidation sites excluding steroid dienone is 2. The largest absolute Gasteiger partial charge is 0.454 e. The van der Waals surface area contributed by atoms with Gasteiger partial charge in [0.25, 0.3) is 0 Å². The molecular weight excluding hydrogens is 540 g/mol. The molecule has 2 aromatic carbocycles. The Bertz CT molecular complexity index is 1100. The van der Waals surface area contributed by atoms with Crippen LogP contribution in [-0.2, 0) is 16.0 Å². The van der Waals surface area contributed by atoms with Gasteiger partial charge in [0.2, 0.25) is 0 Å². The van der Waals surface area contributed by atoms with Crippen molar-refractivity contribution in [1.82, 2.24) is 0 Å². The van der Waals surface area contributed by atoms with Crippen LogP contribution in [0.25, 0.3) is 0 Å². The standard InChI is InChI=1S/C33H44O9/c34-21-27(22-35)42-33(40)24-13-17-26(18-14-24)41-32(39)11-7-2-1-6-10-28-29(31(38)20-30(28)37)19-16-25(36)15-12-23-8-4-3-5-9-23/h1,3-6,8-9,13-14,17-18,25,27-31,34-38H,2,7,10-12,15-16,19-22H2/b6-1-/t25-,28+,29+,30-,31+/m0/s1. The SMILES string of the molecule is O=C(CCC/C=C\C[C@@H]1[C@@H](CC[C@@H](O)CCc2ccccc2)[C@H](O)C[C@@H]1O)Oc1ccc(C(=O)OC(CO)CO)cc1. The number of aliphatic hydroxyl groups excluding tert-OH is 5. The van der Waals surface area contributed by atoms with E-state index in [1.165, 1.54) is 29.8 Å². The van der Waals surface area contributed by atoms with Gasteiger partial charge < -0.3 is 35.0 Å². The van der Waals surface area contributed by atoms with E-state index in [1.807, 2.05) is 42.5 Å². The number of aryl methyl sites for hydroxylation is 1. The van der Waals surface area contributed by atoms with Gasteiger partial charge in [-0.15, -0.1) is 0 Å². The number of esters is 2. The minimum Gasteiger partial charge on any atom is -0.454 e. The van der Waals surface area contributed by atoms with Crippen LogP contribution in [0.15, 0.2) is 66.7 Å². The maximum absolute atomic E-state index is 12.2. The zero-order chi connectivity index (χ0) is 30.3. The highest BCUT2D eigenvalue weighted by Crippen LogP contribution is 2.38. The molecule has 0 aliphatic heterocycles. The first-order valence-corrected chi connectivity index (χ1v) is 14.8. The summed E-state index contributed by atoms with van der Waals surface area (Å²) in [6.07, 6.45) is 6.51. The Balaban J connectivity index is 1.34. The number of carbonyl (C=O) groups excluding carboxylic acids is 2.